The Labute approximate surface area is 248 Å². The number of hydrogen-bond donors (Lipinski definition) is 2. The first kappa shape index (κ1) is 32.1. The molecule has 0 saturated carbocycles. The van der Waals surface area contributed by atoms with Crippen molar-refractivity contribution < 1.29 is 31.5 Å². The van der Waals surface area contributed by atoms with Crippen LogP contribution in [0.4, 0.5) is 22.0 Å². The number of rotatable bonds is 11. The lowest BCUT2D eigenvalue weighted by atomic mass is 10.0. The Hall–Kier alpha value is -4.78. The fourth-order valence-corrected chi connectivity index (χ4v) is 4.85. The Morgan fingerprint density at radius 3 is 2.30 bits per heavy atom. The zero-order valence-electron chi connectivity index (χ0n) is 23.5. The van der Waals surface area contributed by atoms with Crippen molar-refractivity contribution in [2.24, 2.45) is 11.5 Å². The zero-order chi connectivity index (χ0) is 32.2. The van der Waals surface area contributed by atoms with E-state index in [0.717, 1.165) is 16.7 Å². The standard InChI is InChI=1S/C31H29F5N4O4/c1-18-27(20-10-5-13-25(28(20)33)44-15-7-14-26(38)41)29(42)40(17-24(37)19-8-3-2-4-9-19)30(43)39(18)16-21-22(31(34,35)36)11-6-12-23(21)32/h2-6,8-13,24H,7,14-17,37H2,1H3,(H2,38,41). The summed E-state index contributed by atoms with van der Waals surface area (Å²) in [6.07, 6.45) is -4.76. The third kappa shape index (κ3) is 6.88. The normalized spacial score (nSPS) is 12.2. The molecule has 1 heterocycles. The van der Waals surface area contributed by atoms with E-state index >= 15 is 4.39 Å². The molecule has 0 aliphatic rings. The van der Waals surface area contributed by atoms with Crippen LogP contribution in [0.25, 0.3) is 11.1 Å². The van der Waals surface area contributed by atoms with E-state index in [4.69, 9.17) is 16.2 Å². The van der Waals surface area contributed by atoms with E-state index in [1.807, 2.05) is 0 Å². The maximum atomic E-state index is 15.8. The molecule has 1 unspecified atom stereocenters. The first-order chi connectivity index (χ1) is 20.8. The second-order valence-electron chi connectivity index (χ2n) is 10.1. The zero-order valence-corrected chi connectivity index (χ0v) is 23.5. The molecule has 1 amide bonds. The Balaban J connectivity index is 1.91. The van der Waals surface area contributed by atoms with Gasteiger partial charge in [0.05, 0.1) is 30.8 Å². The smallest absolute Gasteiger partial charge is 0.416 e. The van der Waals surface area contributed by atoms with Crippen molar-refractivity contribution in [1.82, 2.24) is 9.13 Å². The molecule has 8 nitrogen and oxygen atoms in total. The lowest BCUT2D eigenvalue weighted by Crippen LogP contribution is -2.44. The maximum Gasteiger partial charge on any atom is 0.416 e. The van der Waals surface area contributed by atoms with Crippen molar-refractivity contribution in [1.29, 1.82) is 0 Å². The second-order valence-corrected chi connectivity index (χ2v) is 10.1. The molecule has 0 saturated heterocycles. The van der Waals surface area contributed by atoms with E-state index in [1.165, 1.54) is 25.1 Å². The number of benzene rings is 3. The van der Waals surface area contributed by atoms with Crippen LogP contribution in [0, 0.1) is 18.6 Å². The van der Waals surface area contributed by atoms with Crippen LogP contribution in [-0.4, -0.2) is 21.6 Å². The van der Waals surface area contributed by atoms with Gasteiger partial charge >= 0.3 is 11.9 Å². The number of aromatic nitrogens is 2. The lowest BCUT2D eigenvalue weighted by Gasteiger charge is -2.21. The predicted octanol–water partition coefficient (Wildman–Crippen LogP) is 4.68. The summed E-state index contributed by atoms with van der Waals surface area (Å²) in [5.41, 5.74) is 6.96. The van der Waals surface area contributed by atoms with Crippen molar-refractivity contribution in [3.63, 3.8) is 0 Å². The van der Waals surface area contributed by atoms with Crippen LogP contribution in [0.3, 0.4) is 0 Å². The number of carbonyl (C=O) groups is 1. The first-order valence-corrected chi connectivity index (χ1v) is 13.5. The third-order valence-corrected chi connectivity index (χ3v) is 7.09. The fourth-order valence-electron chi connectivity index (χ4n) is 4.85. The van der Waals surface area contributed by atoms with Crippen molar-refractivity contribution in [2.45, 2.75) is 45.1 Å². The molecule has 0 aliphatic heterocycles. The average molecular weight is 617 g/mol. The first-order valence-electron chi connectivity index (χ1n) is 13.5. The van der Waals surface area contributed by atoms with E-state index in [2.05, 4.69) is 0 Å². The summed E-state index contributed by atoms with van der Waals surface area (Å²) >= 11 is 0. The van der Waals surface area contributed by atoms with Gasteiger partial charge in [-0.25, -0.2) is 13.6 Å². The van der Waals surface area contributed by atoms with Crippen molar-refractivity contribution in [2.75, 3.05) is 6.61 Å². The van der Waals surface area contributed by atoms with Crippen LogP contribution in [-0.2, 0) is 24.1 Å². The van der Waals surface area contributed by atoms with Crippen LogP contribution in [0.1, 0.15) is 41.3 Å². The summed E-state index contributed by atoms with van der Waals surface area (Å²) in [7, 11) is 0. The number of amides is 1. The van der Waals surface area contributed by atoms with Gasteiger partial charge in [-0.1, -0.05) is 48.5 Å². The summed E-state index contributed by atoms with van der Waals surface area (Å²) in [4.78, 5) is 38.6. The van der Waals surface area contributed by atoms with E-state index in [1.54, 1.807) is 30.3 Å². The molecular formula is C31H29F5N4O4. The molecule has 3 aromatic carbocycles. The highest BCUT2D eigenvalue weighted by Crippen LogP contribution is 2.34. The maximum absolute atomic E-state index is 15.8. The lowest BCUT2D eigenvalue weighted by molar-refractivity contribution is -0.138. The molecule has 0 bridgehead atoms. The minimum Gasteiger partial charge on any atom is -0.490 e. The van der Waals surface area contributed by atoms with Gasteiger partial charge < -0.3 is 16.2 Å². The van der Waals surface area contributed by atoms with E-state index < -0.39 is 65.2 Å². The SMILES string of the molecule is Cc1c(-c2cccc(OCCCC(N)=O)c2F)c(=O)n(CC(N)c2ccccc2)c(=O)n1Cc1c(F)cccc1C(F)(F)F. The highest BCUT2D eigenvalue weighted by Gasteiger charge is 2.35. The van der Waals surface area contributed by atoms with Crippen molar-refractivity contribution in [3.8, 4) is 16.9 Å². The van der Waals surface area contributed by atoms with Gasteiger partial charge in [0.1, 0.15) is 5.82 Å². The monoisotopic (exact) mass is 616 g/mol. The third-order valence-electron chi connectivity index (χ3n) is 7.09. The molecule has 0 spiro atoms. The molecule has 4 rings (SSSR count). The number of halogens is 5. The minimum atomic E-state index is -4.95. The summed E-state index contributed by atoms with van der Waals surface area (Å²) < 4.78 is 79.1. The van der Waals surface area contributed by atoms with Gasteiger partial charge in [0.15, 0.2) is 11.6 Å². The van der Waals surface area contributed by atoms with Gasteiger partial charge in [0, 0.05) is 29.3 Å². The van der Waals surface area contributed by atoms with Crippen molar-refractivity contribution in [3.05, 3.63) is 122 Å². The molecule has 13 heteroatoms. The second kappa shape index (κ2) is 13.2. The molecule has 1 atom stereocenters. The Morgan fingerprint density at radius 1 is 0.955 bits per heavy atom. The van der Waals surface area contributed by atoms with Crippen LogP contribution >= 0.6 is 0 Å². The molecule has 232 valence electrons. The Bertz CT molecular complexity index is 1790. The van der Waals surface area contributed by atoms with E-state index in [0.29, 0.717) is 16.2 Å². The number of alkyl halides is 3. The quantitative estimate of drug-likeness (QED) is 0.187. The van der Waals surface area contributed by atoms with Crippen LogP contribution in [0.15, 0.2) is 76.3 Å². The fraction of sp³-hybridized carbons (Fsp3) is 0.258. The molecule has 0 radical (unpaired) electrons. The summed E-state index contributed by atoms with van der Waals surface area (Å²) in [6, 6.07) is 13.9. The highest BCUT2D eigenvalue weighted by molar-refractivity contribution is 5.73. The number of ether oxygens (including phenoxy) is 1. The van der Waals surface area contributed by atoms with Gasteiger partial charge in [-0.2, -0.15) is 13.2 Å². The number of nitrogens with two attached hydrogens (primary N) is 2. The summed E-state index contributed by atoms with van der Waals surface area (Å²) in [5.74, 6) is -3.05. The molecule has 44 heavy (non-hydrogen) atoms. The molecule has 4 N–H and O–H groups in total. The molecule has 0 aliphatic carbocycles. The van der Waals surface area contributed by atoms with Crippen LogP contribution in [0.5, 0.6) is 5.75 Å². The molecule has 1 aromatic heterocycles. The van der Waals surface area contributed by atoms with Gasteiger partial charge in [0.2, 0.25) is 5.91 Å². The van der Waals surface area contributed by atoms with Crippen molar-refractivity contribution >= 4 is 5.91 Å². The number of carbonyl (C=O) groups excluding carboxylic acids is 1. The predicted molar refractivity (Wildman–Crippen MR) is 153 cm³/mol. The number of hydrogen-bond acceptors (Lipinski definition) is 5. The summed E-state index contributed by atoms with van der Waals surface area (Å²) in [5, 5.41) is 0. The van der Waals surface area contributed by atoms with E-state index in [9.17, 15) is 31.9 Å². The topological polar surface area (TPSA) is 122 Å². The minimum absolute atomic E-state index is 0.00623. The number of nitrogens with zero attached hydrogens (tertiary/aromatic N) is 2. The van der Waals surface area contributed by atoms with Gasteiger partial charge in [-0.05, 0) is 37.1 Å². The summed E-state index contributed by atoms with van der Waals surface area (Å²) in [6.45, 7) is -0.146. The number of primary amides is 1. The highest BCUT2D eigenvalue weighted by atomic mass is 19.4. The van der Waals surface area contributed by atoms with Gasteiger partial charge in [-0.15, -0.1) is 0 Å². The molecule has 0 fully saturated rings. The van der Waals surface area contributed by atoms with E-state index in [-0.39, 0.29) is 42.0 Å². The van der Waals surface area contributed by atoms with Gasteiger partial charge in [-0.3, -0.25) is 18.7 Å². The van der Waals surface area contributed by atoms with Crippen LogP contribution in [0.2, 0.25) is 0 Å². The van der Waals surface area contributed by atoms with Crippen LogP contribution < -0.4 is 27.5 Å². The average Bonchev–Trinajstić information content (AvgIpc) is 2.97. The van der Waals surface area contributed by atoms with Gasteiger partial charge in [0.25, 0.3) is 5.56 Å². The Kier molecular flexibility index (Phi) is 9.68. The molecular weight excluding hydrogens is 587 g/mol. The largest absolute Gasteiger partial charge is 0.490 e. The molecule has 4 aromatic rings. The Morgan fingerprint density at radius 2 is 1.64 bits per heavy atom.